The van der Waals surface area contributed by atoms with E-state index in [0.29, 0.717) is 24.3 Å². The van der Waals surface area contributed by atoms with Gasteiger partial charge in [-0.3, -0.25) is 4.79 Å². The summed E-state index contributed by atoms with van der Waals surface area (Å²) in [6.07, 6.45) is 1.86. The van der Waals surface area contributed by atoms with Gasteiger partial charge in [0.25, 0.3) is 5.91 Å². The summed E-state index contributed by atoms with van der Waals surface area (Å²) in [7, 11) is 0. The molecule has 1 amide bonds. The Morgan fingerprint density at radius 2 is 2.17 bits per heavy atom. The van der Waals surface area contributed by atoms with Crippen LogP contribution in [0.3, 0.4) is 0 Å². The van der Waals surface area contributed by atoms with E-state index in [1.165, 1.54) is 6.07 Å². The van der Waals surface area contributed by atoms with Crippen molar-refractivity contribution in [2.24, 2.45) is 5.73 Å². The lowest BCUT2D eigenvalue weighted by Crippen LogP contribution is -2.39. The first-order valence-corrected chi connectivity index (χ1v) is 7.85. The molecule has 122 valence electrons. The van der Waals surface area contributed by atoms with Crippen molar-refractivity contribution in [2.45, 2.75) is 32.7 Å². The Labute approximate surface area is 134 Å². The average Bonchev–Trinajstić information content (AvgIpc) is 3.12. The van der Waals surface area contributed by atoms with Gasteiger partial charge in [0.05, 0.1) is 5.69 Å². The molecule has 1 aromatic heterocycles. The van der Waals surface area contributed by atoms with Gasteiger partial charge in [0, 0.05) is 30.4 Å². The number of hydrogen-bond acceptors (Lipinski definition) is 3. The highest BCUT2D eigenvalue weighted by Gasteiger charge is 2.28. The fourth-order valence-electron chi connectivity index (χ4n) is 3.20. The molecule has 1 atom stereocenters. The van der Waals surface area contributed by atoms with Crippen LogP contribution >= 0.6 is 0 Å². The zero-order valence-electron chi connectivity index (χ0n) is 13.4. The topological polar surface area (TPSA) is 64.2 Å². The fourth-order valence-corrected chi connectivity index (χ4v) is 3.20. The molecule has 1 fully saturated rings. The van der Waals surface area contributed by atoms with Crippen molar-refractivity contribution in [3.63, 3.8) is 0 Å². The second-order valence-electron chi connectivity index (χ2n) is 6.04. The Bertz CT molecular complexity index is 740. The molecule has 2 aromatic rings. The number of aryl methyl sites for hydroxylation is 2. The molecule has 0 aliphatic carbocycles. The van der Waals surface area contributed by atoms with Crippen molar-refractivity contribution < 1.29 is 9.18 Å². The number of amides is 1. The summed E-state index contributed by atoms with van der Waals surface area (Å²) in [4.78, 5) is 14.3. The highest BCUT2D eigenvalue weighted by Crippen LogP contribution is 2.22. The lowest BCUT2D eigenvalue weighted by Gasteiger charge is -2.23. The number of rotatable bonds is 3. The van der Waals surface area contributed by atoms with Gasteiger partial charge in [-0.2, -0.15) is 5.10 Å². The van der Waals surface area contributed by atoms with Crippen LogP contribution < -0.4 is 5.73 Å². The van der Waals surface area contributed by atoms with Crippen molar-refractivity contribution in [2.75, 3.05) is 13.1 Å². The Morgan fingerprint density at radius 3 is 2.78 bits per heavy atom. The highest BCUT2D eigenvalue weighted by molar-refractivity contribution is 5.94. The molecule has 6 heteroatoms. The first kappa shape index (κ1) is 15.7. The van der Waals surface area contributed by atoms with Crippen molar-refractivity contribution >= 4 is 5.91 Å². The van der Waals surface area contributed by atoms with Gasteiger partial charge in [-0.15, -0.1) is 0 Å². The predicted molar refractivity (Wildman–Crippen MR) is 86.1 cm³/mol. The molecule has 0 bridgehead atoms. The number of nitrogens with zero attached hydrogens (tertiary/aromatic N) is 3. The molecular weight excluding hydrogens is 295 g/mol. The van der Waals surface area contributed by atoms with Crippen molar-refractivity contribution in [3.8, 4) is 5.69 Å². The zero-order chi connectivity index (χ0) is 16.6. The number of benzene rings is 1. The summed E-state index contributed by atoms with van der Waals surface area (Å²) in [6, 6.07) is 6.49. The van der Waals surface area contributed by atoms with Crippen LogP contribution in [0.4, 0.5) is 4.39 Å². The minimum atomic E-state index is -0.453. The fraction of sp³-hybridized carbons (Fsp3) is 0.412. The van der Waals surface area contributed by atoms with Crippen LogP contribution in [0, 0.1) is 19.7 Å². The summed E-state index contributed by atoms with van der Waals surface area (Å²) in [5, 5.41) is 4.28. The molecule has 0 saturated carbocycles. The normalized spacial score (nSPS) is 17.7. The number of nitrogens with two attached hydrogens (primary N) is 1. The molecule has 0 spiro atoms. The Hall–Kier alpha value is -2.21. The summed E-state index contributed by atoms with van der Waals surface area (Å²) >= 11 is 0. The lowest BCUT2D eigenvalue weighted by molar-refractivity contribution is 0.0740. The molecule has 1 saturated heterocycles. The number of aromatic nitrogens is 2. The van der Waals surface area contributed by atoms with Crippen molar-refractivity contribution in [1.82, 2.24) is 14.7 Å². The SMILES string of the molecule is Cc1cc(C)n(-c2ccc(C(=O)N3CCC[C@@H]3CN)cc2F)n1. The maximum absolute atomic E-state index is 14.5. The van der Waals surface area contributed by atoms with Gasteiger partial charge in [0.15, 0.2) is 0 Å². The van der Waals surface area contributed by atoms with E-state index in [1.807, 2.05) is 19.9 Å². The summed E-state index contributed by atoms with van der Waals surface area (Å²) in [5.41, 5.74) is 8.09. The number of halogens is 1. The van der Waals surface area contributed by atoms with Gasteiger partial charge in [-0.1, -0.05) is 0 Å². The van der Waals surface area contributed by atoms with Crippen LogP contribution in [-0.2, 0) is 0 Å². The van der Waals surface area contributed by atoms with Gasteiger partial charge >= 0.3 is 0 Å². The van der Waals surface area contributed by atoms with E-state index in [-0.39, 0.29) is 11.9 Å². The monoisotopic (exact) mass is 316 g/mol. The van der Waals surface area contributed by atoms with Gasteiger partial charge in [0.2, 0.25) is 0 Å². The maximum atomic E-state index is 14.5. The summed E-state index contributed by atoms with van der Waals surface area (Å²) in [6.45, 7) is 4.85. The number of carbonyl (C=O) groups is 1. The van der Waals surface area contributed by atoms with Crippen LogP contribution in [0.1, 0.15) is 34.6 Å². The standard InChI is InChI=1S/C17H21FN4O/c1-11-8-12(2)22(20-11)16-6-5-13(9-15(16)18)17(23)21-7-3-4-14(21)10-19/h5-6,8-9,14H,3-4,7,10,19H2,1-2H3/t14-/m1/s1. The Kier molecular flexibility index (Phi) is 4.17. The summed E-state index contributed by atoms with van der Waals surface area (Å²) < 4.78 is 16.0. The molecule has 1 aliphatic rings. The first-order chi connectivity index (χ1) is 11.0. The molecule has 1 aromatic carbocycles. The molecular formula is C17H21FN4O. The maximum Gasteiger partial charge on any atom is 0.254 e. The van der Waals surface area contributed by atoms with E-state index in [4.69, 9.17) is 5.73 Å². The average molecular weight is 316 g/mol. The zero-order valence-corrected chi connectivity index (χ0v) is 13.4. The van der Waals surface area contributed by atoms with Crippen LogP contribution in [0.2, 0.25) is 0 Å². The molecule has 1 aliphatic heterocycles. The van der Waals surface area contributed by atoms with Gasteiger partial charge in [-0.05, 0) is 51.0 Å². The number of hydrogen-bond donors (Lipinski definition) is 1. The molecule has 2 heterocycles. The van der Waals surface area contributed by atoms with E-state index in [9.17, 15) is 9.18 Å². The summed E-state index contributed by atoms with van der Waals surface area (Å²) in [5.74, 6) is -0.609. The van der Waals surface area contributed by atoms with Crippen molar-refractivity contribution in [3.05, 3.63) is 47.0 Å². The quantitative estimate of drug-likeness (QED) is 0.944. The Morgan fingerprint density at radius 1 is 1.39 bits per heavy atom. The first-order valence-electron chi connectivity index (χ1n) is 7.85. The van der Waals surface area contributed by atoms with Crippen LogP contribution in [0.5, 0.6) is 0 Å². The Balaban J connectivity index is 1.90. The second kappa shape index (κ2) is 6.12. The number of likely N-dealkylation sites (tertiary alicyclic amines) is 1. The van der Waals surface area contributed by atoms with Crippen molar-refractivity contribution in [1.29, 1.82) is 0 Å². The number of carbonyl (C=O) groups excluding carboxylic acids is 1. The minimum absolute atomic E-state index is 0.0567. The largest absolute Gasteiger partial charge is 0.334 e. The highest BCUT2D eigenvalue weighted by atomic mass is 19.1. The predicted octanol–water partition coefficient (Wildman–Crippen LogP) is 2.19. The van der Waals surface area contributed by atoms with E-state index in [1.54, 1.807) is 21.7 Å². The van der Waals surface area contributed by atoms with Crippen LogP contribution in [0.25, 0.3) is 5.69 Å². The third kappa shape index (κ3) is 2.86. The molecule has 5 nitrogen and oxygen atoms in total. The minimum Gasteiger partial charge on any atom is -0.334 e. The van der Waals surface area contributed by atoms with E-state index in [2.05, 4.69) is 5.10 Å². The molecule has 0 radical (unpaired) electrons. The second-order valence-corrected chi connectivity index (χ2v) is 6.04. The van der Waals surface area contributed by atoms with Gasteiger partial charge in [0.1, 0.15) is 11.5 Å². The van der Waals surface area contributed by atoms with Gasteiger partial charge < -0.3 is 10.6 Å². The van der Waals surface area contributed by atoms with E-state index < -0.39 is 5.82 Å². The smallest absolute Gasteiger partial charge is 0.254 e. The van der Waals surface area contributed by atoms with Gasteiger partial charge in [-0.25, -0.2) is 9.07 Å². The third-order valence-electron chi connectivity index (χ3n) is 4.34. The molecule has 3 rings (SSSR count). The van der Waals surface area contributed by atoms with Crippen LogP contribution in [0.15, 0.2) is 24.3 Å². The van der Waals surface area contributed by atoms with E-state index in [0.717, 1.165) is 24.2 Å². The molecule has 23 heavy (non-hydrogen) atoms. The lowest BCUT2D eigenvalue weighted by atomic mass is 10.1. The molecule has 2 N–H and O–H groups in total. The molecule has 0 unspecified atom stereocenters. The third-order valence-corrected chi connectivity index (χ3v) is 4.34. The van der Waals surface area contributed by atoms with E-state index >= 15 is 0 Å². The van der Waals surface area contributed by atoms with Crippen LogP contribution in [-0.4, -0.2) is 39.7 Å².